The number of ether oxygens (including phenoxy) is 1. The zero-order chi connectivity index (χ0) is 13.9. The van der Waals surface area contributed by atoms with Gasteiger partial charge in [0, 0.05) is 28.5 Å². The third kappa shape index (κ3) is 3.92. The zero-order valence-corrected chi connectivity index (χ0v) is 11.1. The molecule has 0 atom stereocenters. The lowest BCUT2D eigenvalue weighted by Gasteiger charge is -2.07. The van der Waals surface area contributed by atoms with E-state index in [0.717, 1.165) is 16.7 Å². The van der Waals surface area contributed by atoms with E-state index in [0.29, 0.717) is 11.4 Å². The average Bonchev–Trinajstić information content (AvgIpc) is 2.37. The fraction of sp³-hybridized carbons (Fsp3) is 0.167. The molecule has 2 aromatic heterocycles. The Kier molecular flexibility index (Phi) is 4.04. The number of rotatable bonds is 3. The number of aromatic nitrogens is 2. The summed E-state index contributed by atoms with van der Waals surface area (Å²) < 4.78 is 43.0. The molecule has 19 heavy (non-hydrogen) atoms. The molecule has 2 heterocycles. The van der Waals surface area contributed by atoms with Crippen molar-refractivity contribution >= 4 is 15.9 Å². The molecule has 0 aliphatic carbocycles. The topological polar surface area (TPSA) is 35.0 Å². The largest absolute Gasteiger partial charge is 0.473 e. The molecular formula is C12H8BrF3N2O. The predicted octanol–water partition coefficient (Wildman–Crippen LogP) is 3.84. The van der Waals surface area contributed by atoms with Crippen LogP contribution >= 0.6 is 15.9 Å². The maximum atomic E-state index is 12.3. The second-order valence-corrected chi connectivity index (χ2v) is 4.57. The lowest BCUT2D eigenvalue weighted by Crippen LogP contribution is -2.08. The highest BCUT2D eigenvalue weighted by Crippen LogP contribution is 2.27. The Bertz CT molecular complexity index is 540. The molecule has 2 rings (SSSR count). The van der Waals surface area contributed by atoms with E-state index >= 15 is 0 Å². The van der Waals surface area contributed by atoms with E-state index in [2.05, 4.69) is 25.9 Å². The molecule has 0 N–H and O–H groups in total. The third-order valence-corrected chi connectivity index (χ3v) is 2.67. The van der Waals surface area contributed by atoms with E-state index in [1.54, 1.807) is 18.3 Å². The minimum Gasteiger partial charge on any atom is -0.473 e. The molecular weight excluding hydrogens is 325 g/mol. The van der Waals surface area contributed by atoms with E-state index in [1.807, 2.05) is 0 Å². The third-order valence-electron chi connectivity index (χ3n) is 2.20. The highest BCUT2D eigenvalue weighted by atomic mass is 79.9. The van der Waals surface area contributed by atoms with Crippen molar-refractivity contribution in [1.82, 2.24) is 9.97 Å². The van der Waals surface area contributed by atoms with Crippen LogP contribution in [0.2, 0.25) is 0 Å². The van der Waals surface area contributed by atoms with Crippen LogP contribution in [0.4, 0.5) is 13.2 Å². The standard InChI is InChI=1S/C12H8BrF3N2O/c13-9-2-4-11(18-6-9)19-7-8-1-3-10(17-5-8)12(14,15)16/h1-6H,7H2. The number of pyridine rings is 2. The van der Waals surface area contributed by atoms with Gasteiger partial charge in [0.25, 0.3) is 0 Å². The molecule has 0 aliphatic rings. The fourth-order valence-electron chi connectivity index (χ4n) is 1.28. The van der Waals surface area contributed by atoms with E-state index in [1.165, 1.54) is 6.07 Å². The summed E-state index contributed by atoms with van der Waals surface area (Å²) in [5, 5.41) is 0. The van der Waals surface area contributed by atoms with Crippen LogP contribution in [-0.2, 0) is 12.8 Å². The number of hydrogen-bond donors (Lipinski definition) is 0. The molecule has 0 saturated carbocycles. The van der Waals surface area contributed by atoms with Crippen LogP contribution in [-0.4, -0.2) is 9.97 Å². The van der Waals surface area contributed by atoms with E-state index < -0.39 is 11.9 Å². The van der Waals surface area contributed by atoms with Crippen LogP contribution in [0.1, 0.15) is 11.3 Å². The Morgan fingerprint density at radius 3 is 2.37 bits per heavy atom. The molecule has 7 heteroatoms. The summed E-state index contributed by atoms with van der Waals surface area (Å²) in [7, 11) is 0. The second kappa shape index (κ2) is 5.56. The van der Waals surface area contributed by atoms with Crippen molar-refractivity contribution in [3.63, 3.8) is 0 Å². The van der Waals surface area contributed by atoms with Gasteiger partial charge in [0.2, 0.25) is 5.88 Å². The molecule has 0 unspecified atom stereocenters. The van der Waals surface area contributed by atoms with Crippen LogP contribution in [0.25, 0.3) is 0 Å². The maximum Gasteiger partial charge on any atom is 0.433 e. The second-order valence-electron chi connectivity index (χ2n) is 3.65. The highest BCUT2D eigenvalue weighted by Gasteiger charge is 2.31. The Morgan fingerprint density at radius 2 is 1.84 bits per heavy atom. The summed E-state index contributed by atoms with van der Waals surface area (Å²) in [6, 6.07) is 5.66. The summed E-state index contributed by atoms with van der Waals surface area (Å²) in [6.07, 6.45) is -1.71. The van der Waals surface area contributed by atoms with E-state index in [-0.39, 0.29) is 6.61 Å². The van der Waals surface area contributed by atoms with Gasteiger partial charge in [-0.15, -0.1) is 0 Å². The minimum absolute atomic E-state index is 0.111. The number of halogens is 4. The summed E-state index contributed by atoms with van der Waals surface area (Å²) in [5.74, 6) is 0.392. The van der Waals surface area contributed by atoms with Crippen molar-refractivity contribution in [2.75, 3.05) is 0 Å². The van der Waals surface area contributed by atoms with Gasteiger partial charge in [-0.2, -0.15) is 13.2 Å². The Hall–Kier alpha value is -1.63. The zero-order valence-electron chi connectivity index (χ0n) is 9.49. The van der Waals surface area contributed by atoms with Gasteiger partial charge in [-0.25, -0.2) is 4.98 Å². The average molecular weight is 333 g/mol. The molecule has 0 aromatic carbocycles. The maximum absolute atomic E-state index is 12.3. The molecule has 0 bridgehead atoms. The highest BCUT2D eigenvalue weighted by molar-refractivity contribution is 9.10. The van der Waals surface area contributed by atoms with Gasteiger partial charge in [-0.3, -0.25) is 4.98 Å². The Morgan fingerprint density at radius 1 is 1.05 bits per heavy atom. The number of nitrogens with zero attached hydrogens (tertiary/aromatic N) is 2. The molecule has 0 aliphatic heterocycles. The van der Waals surface area contributed by atoms with Gasteiger partial charge < -0.3 is 4.74 Å². The number of alkyl halides is 3. The summed E-state index contributed by atoms with van der Waals surface area (Å²) in [5.41, 5.74) is -0.379. The summed E-state index contributed by atoms with van der Waals surface area (Å²) in [4.78, 5) is 7.32. The lowest BCUT2D eigenvalue weighted by atomic mass is 10.2. The molecule has 0 spiro atoms. The van der Waals surface area contributed by atoms with Crippen LogP contribution in [0, 0.1) is 0 Å². The Balaban J connectivity index is 1.98. The first kappa shape index (κ1) is 13.8. The van der Waals surface area contributed by atoms with Crippen LogP contribution in [0.15, 0.2) is 41.1 Å². The van der Waals surface area contributed by atoms with Crippen LogP contribution < -0.4 is 4.74 Å². The van der Waals surface area contributed by atoms with Crippen molar-refractivity contribution in [3.8, 4) is 5.88 Å². The van der Waals surface area contributed by atoms with Crippen LogP contribution in [0.5, 0.6) is 5.88 Å². The van der Waals surface area contributed by atoms with Gasteiger partial charge >= 0.3 is 6.18 Å². The Labute approximate surface area is 115 Å². The smallest absolute Gasteiger partial charge is 0.433 e. The van der Waals surface area contributed by atoms with Crippen molar-refractivity contribution in [2.24, 2.45) is 0 Å². The molecule has 0 fully saturated rings. The molecule has 0 radical (unpaired) electrons. The lowest BCUT2D eigenvalue weighted by molar-refractivity contribution is -0.141. The van der Waals surface area contributed by atoms with Crippen molar-refractivity contribution < 1.29 is 17.9 Å². The first-order valence-electron chi connectivity index (χ1n) is 5.21. The van der Waals surface area contributed by atoms with E-state index in [9.17, 15) is 13.2 Å². The fourth-order valence-corrected chi connectivity index (χ4v) is 1.52. The SMILES string of the molecule is FC(F)(F)c1ccc(COc2ccc(Br)cn2)cn1. The quantitative estimate of drug-likeness (QED) is 0.856. The first-order chi connectivity index (χ1) is 8.95. The molecule has 2 aromatic rings. The molecule has 100 valence electrons. The molecule has 3 nitrogen and oxygen atoms in total. The van der Waals surface area contributed by atoms with Crippen molar-refractivity contribution in [1.29, 1.82) is 0 Å². The predicted molar refractivity (Wildman–Crippen MR) is 65.5 cm³/mol. The van der Waals surface area contributed by atoms with Gasteiger partial charge in [0.05, 0.1) is 0 Å². The number of hydrogen-bond acceptors (Lipinski definition) is 3. The van der Waals surface area contributed by atoms with Crippen molar-refractivity contribution in [3.05, 3.63) is 52.4 Å². The first-order valence-corrected chi connectivity index (χ1v) is 6.01. The van der Waals surface area contributed by atoms with Gasteiger partial charge in [-0.1, -0.05) is 6.07 Å². The van der Waals surface area contributed by atoms with Crippen molar-refractivity contribution in [2.45, 2.75) is 12.8 Å². The normalized spacial score (nSPS) is 11.4. The van der Waals surface area contributed by atoms with Gasteiger partial charge in [0.15, 0.2) is 0 Å². The summed E-state index contributed by atoms with van der Waals surface area (Å²) >= 11 is 3.23. The molecule has 0 saturated heterocycles. The molecule has 0 amide bonds. The van der Waals surface area contributed by atoms with Crippen LogP contribution in [0.3, 0.4) is 0 Å². The minimum atomic E-state index is -4.42. The van der Waals surface area contributed by atoms with Gasteiger partial charge in [0.1, 0.15) is 12.3 Å². The van der Waals surface area contributed by atoms with Gasteiger partial charge in [-0.05, 0) is 28.1 Å². The monoisotopic (exact) mass is 332 g/mol. The summed E-state index contributed by atoms with van der Waals surface area (Å²) in [6.45, 7) is 0.111. The van der Waals surface area contributed by atoms with E-state index in [4.69, 9.17) is 4.74 Å².